The second-order valence-electron chi connectivity index (χ2n) is 6.05. The van der Waals surface area contributed by atoms with E-state index in [0.29, 0.717) is 10.8 Å². The highest BCUT2D eigenvalue weighted by atomic mass is 32.2. The summed E-state index contributed by atoms with van der Waals surface area (Å²) >= 11 is 5.36. The van der Waals surface area contributed by atoms with Gasteiger partial charge in [0, 0.05) is 23.8 Å². The number of anilines is 3. The number of aromatic nitrogens is 2. The van der Waals surface area contributed by atoms with E-state index in [4.69, 9.17) is 12.2 Å². The monoisotopic (exact) mass is 413 g/mol. The Morgan fingerprint density at radius 1 is 0.893 bits per heavy atom. The lowest BCUT2D eigenvalue weighted by Crippen LogP contribution is -2.20. The first-order valence-corrected chi connectivity index (χ1v) is 10.3. The van der Waals surface area contributed by atoms with Crippen LogP contribution in [-0.4, -0.2) is 23.5 Å². The Bertz CT molecular complexity index is 1060. The molecule has 0 aliphatic carbocycles. The SMILES string of the molecule is Cc1cccc(C)c1NC(=S)Nc1ccc(S(=O)(=O)Nc2ncccn2)cc1. The van der Waals surface area contributed by atoms with Gasteiger partial charge in [-0.25, -0.2) is 23.1 Å². The Kier molecular flexibility index (Phi) is 5.86. The van der Waals surface area contributed by atoms with Crippen molar-refractivity contribution in [3.05, 3.63) is 72.1 Å². The topological polar surface area (TPSA) is 96.0 Å². The predicted molar refractivity (Wildman–Crippen MR) is 115 cm³/mol. The van der Waals surface area contributed by atoms with Crippen molar-refractivity contribution in [2.45, 2.75) is 18.7 Å². The van der Waals surface area contributed by atoms with Crippen LogP contribution in [0, 0.1) is 13.8 Å². The van der Waals surface area contributed by atoms with Gasteiger partial charge >= 0.3 is 0 Å². The van der Waals surface area contributed by atoms with Crippen LogP contribution in [0.1, 0.15) is 11.1 Å². The third-order valence-electron chi connectivity index (χ3n) is 3.93. The molecule has 3 N–H and O–H groups in total. The highest BCUT2D eigenvalue weighted by Gasteiger charge is 2.15. The van der Waals surface area contributed by atoms with E-state index < -0.39 is 10.0 Å². The average Bonchev–Trinajstić information content (AvgIpc) is 2.66. The van der Waals surface area contributed by atoms with Crippen LogP contribution in [0.2, 0.25) is 0 Å². The number of hydrogen-bond donors (Lipinski definition) is 3. The summed E-state index contributed by atoms with van der Waals surface area (Å²) in [7, 11) is -3.77. The molecule has 0 aliphatic rings. The zero-order chi connectivity index (χ0) is 20.1. The van der Waals surface area contributed by atoms with Crippen LogP contribution >= 0.6 is 12.2 Å². The summed E-state index contributed by atoms with van der Waals surface area (Å²) in [6, 6.07) is 13.8. The van der Waals surface area contributed by atoms with Gasteiger partial charge in [0.1, 0.15) is 0 Å². The summed E-state index contributed by atoms with van der Waals surface area (Å²) in [4.78, 5) is 7.82. The van der Waals surface area contributed by atoms with Crippen molar-refractivity contribution in [2.75, 3.05) is 15.4 Å². The van der Waals surface area contributed by atoms with Crippen molar-refractivity contribution in [1.82, 2.24) is 9.97 Å². The molecule has 0 radical (unpaired) electrons. The molecule has 7 nitrogen and oxygen atoms in total. The maximum Gasteiger partial charge on any atom is 0.264 e. The fourth-order valence-corrected chi connectivity index (χ4v) is 3.71. The molecule has 9 heteroatoms. The molecule has 0 spiro atoms. The van der Waals surface area contributed by atoms with Crippen molar-refractivity contribution >= 4 is 44.7 Å². The third kappa shape index (κ3) is 4.81. The first kappa shape index (κ1) is 19.7. The molecule has 2 aromatic carbocycles. The van der Waals surface area contributed by atoms with Gasteiger partial charge in [0.05, 0.1) is 4.90 Å². The number of para-hydroxylation sites is 1. The molecule has 0 aliphatic heterocycles. The van der Waals surface area contributed by atoms with Crippen LogP contribution in [-0.2, 0) is 10.0 Å². The van der Waals surface area contributed by atoms with Gasteiger partial charge in [0.2, 0.25) is 5.95 Å². The van der Waals surface area contributed by atoms with E-state index >= 15 is 0 Å². The third-order valence-corrected chi connectivity index (χ3v) is 5.48. The number of sulfonamides is 1. The normalized spacial score (nSPS) is 10.9. The standard InChI is InChI=1S/C19H19N5O2S2/c1-13-5-3-6-14(2)17(13)23-19(27)22-15-7-9-16(10-8-15)28(25,26)24-18-20-11-4-12-21-18/h3-12H,1-2H3,(H,20,21,24)(H2,22,23,27). The van der Waals surface area contributed by atoms with E-state index in [0.717, 1.165) is 16.8 Å². The molecule has 3 rings (SSSR count). The molecule has 0 unspecified atom stereocenters. The van der Waals surface area contributed by atoms with Gasteiger partial charge in [-0.2, -0.15) is 0 Å². The van der Waals surface area contributed by atoms with Gasteiger partial charge < -0.3 is 10.6 Å². The quantitative estimate of drug-likeness (QED) is 0.549. The number of thiocarbonyl (C=S) groups is 1. The van der Waals surface area contributed by atoms with Crippen molar-refractivity contribution < 1.29 is 8.42 Å². The Hall–Kier alpha value is -3.04. The van der Waals surface area contributed by atoms with E-state index in [2.05, 4.69) is 25.3 Å². The number of hydrogen-bond acceptors (Lipinski definition) is 5. The lowest BCUT2D eigenvalue weighted by atomic mass is 10.1. The molecule has 0 atom stereocenters. The summed E-state index contributed by atoms with van der Waals surface area (Å²) in [6.07, 6.45) is 2.92. The van der Waals surface area contributed by atoms with Crippen LogP contribution in [0.25, 0.3) is 0 Å². The summed E-state index contributed by atoms with van der Waals surface area (Å²) in [5.41, 5.74) is 3.78. The summed E-state index contributed by atoms with van der Waals surface area (Å²) in [5, 5.41) is 6.65. The molecule has 28 heavy (non-hydrogen) atoms. The Morgan fingerprint density at radius 3 is 2.11 bits per heavy atom. The number of benzene rings is 2. The Balaban J connectivity index is 1.68. The van der Waals surface area contributed by atoms with E-state index in [-0.39, 0.29) is 10.8 Å². The summed E-state index contributed by atoms with van der Waals surface area (Å²) in [5.74, 6) is 0.0173. The predicted octanol–water partition coefficient (Wildman–Crippen LogP) is 3.70. The van der Waals surface area contributed by atoms with Gasteiger partial charge in [-0.15, -0.1) is 0 Å². The molecule has 0 amide bonds. The van der Waals surface area contributed by atoms with E-state index in [9.17, 15) is 8.42 Å². The fourth-order valence-electron chi connectivity index (χ4n) is 2.54. The molecule has 3 aromatic rings. The number of aryl methyl sites for hydroxylation is 2. The zero-order valence-electron chi connectivity index (χ0n) is 15.3. The van der Waals surface area contributed by atoms with Crippen LogP contribution in [0.5, 0.6) is 0 Å². The molecule has 144 valence electrons. The second-order valence-corrected chi connectivity index (χ2v) is 8.14. The van der Waals surface area contributed by atoms with Gasteiger partial charge in [0.25, 0.3) is 10.0 Å². The first-order chi connectivity index (χ1) is 13.3. The lowest BCUT2D eigenvalue weighted by molar-refractivity contribution is 0.601. The number of rotatable bonds is 5. The van der Waals surface area contributed by atoms with Crippen LogP contribution in [0.4, 0.5) is 17.3 Å². The maximum absolute atomic E-state index is 12.4. The van der Waals surface area contributed by atoms with Gasteiger partial charge in [-0.05, 0) is 67.5 Å². The zero-order valence-corrected chi connectivity index (χ0v) is 16.9. The molecule has 1 heterocycles. The van der Waals surface area contributed by atoms with Crippen LogP contribution in [0.3, 0.4) is 0 Å². The minimum Gasteiger partial charge on any atom is -0.332 e. The van der Waals surface area contributed by atoms with Crippen LogP contribution in [0.15, 0.2) is 65.8 Å². The lowest BCUT2D eigenvalue weighted by Gasteiger charge is -2.15. The van der Waals surface area contributed by atoms with E-state index in [1.54, 1.807) is 18.2 Å². The van der Waals surface area contributed by atoms with Crippen LogP contribution < -0.4 is 15.4 Å². The highest BCUT2D eigenvalue weighted by molar-refractivity contribution is 7.92. The summed E-state index contributed by atoms with van der Waals surface area (Å²) < 4.78 is 27.1. The van der Waals surface area contributed by atoms with Crippen molar-refractivity contribution in [3.63, 3.8) is 0 Å². The average molecular weight is 414 g/mol. The molecule has 0 bridgehead atoms. The largest absolute Gasteiger partial charge is 0.332 e. The second kappa shape index (κ2) is 8.32. The number of nitrogens with zero attached hydrogens (tertiary/aromatic N) is 2. The molecule has 1 aromatic heterocycles. The molecular weight excluding hydrogens is 394 g/mol. The van der Waals surface area contributed by atoms with Gasteiger partial charge in [-0.3, -0.25) is 0 Å². The molecule has 0 fully saturated rings. The van der Waals surface area contributed by atoms with Crippen molar-refractivity contribution in [1.29, 1.82) is 0 Å². The van der Waals surface area contributed by atoms with E-state index in [1.165, 1.54) is 24.5 Å². The first-order valence-electron chi connectivity index (χ1n) is 8.39. The minimum atomic E-state index is -3.77. The minimum absolute atomic E-state index is 0.0173. The Labute approximate surface area is 169 Å². The maximum atomic E-state index is 12.4. The smallest absolute Gasteiger partial charge is 0.264 e. The Morgan fingerprint density at radius 2 is 1.50 bits per heavy atom. The van der Waals surface area contributed by atoms with E-state index in [1.807, 2.05) is 32.0 Å². The van der Waals surface area contributed by atoms with Gasteiger partial charge in [0.15, 0.2) is 5.11 Å². The van der Waals surface area contributed by atoms with Crippen molar-refractivity contribution in [2.24, 2.45) is 0 Å². The summed E-state index contributed by atoms with van der Waals surface area (Å²) in [6.45, 7) is 4.00. The molecular formula is C19H19N5O2S2. The van der Waals surface area contributed by atoms with Crippen molar-refractivity contribution in [3.8, 4) is 0 Å². The molecule has 0 saturated heterocycles. The molecule has 0 saturated carbocycles. The fraction of sp³-hybridized carbons (Fsp3) is 0.105. The highest BCUT2D eigenvalue weighted by Crippen LogP contribution is 2.20. The number of nitrogens with one attached hydrogen (secondary N) is 3. The van der Waals surface area contributed by atoms with Gasteiger partial charge in [-0.1, -0.05) is 18.2 Å².